The maximum absolute atomic E-state index is 12.1. The van der Waals surface area contributed by atoms with Gasteiger partial charge in [0.2, 0.25) is 5.91 Å². The van der Waals surface area contributed by atoms with Crippen molar-refractivity contribution in [3.05, 3.63) is 0 Å². The molecule has 0 aromatic heterocycles. The van der Waals surface area contributed by atoms with E-state index in [0.29, 0.717) is 24.3 Å². The van der Waals surface area contributed by atoms with E-state index in [1.165, 1.54) is 32.1 Å². The van der Waals surface area contributed by atoms with Crippen molar-refractivity contribution in [2.45, 2.75) is 70.9 Å². The maximum Gasteiger partial charge on any atom is 0.222 e. The predicted molar refractivity (Wildman–Crippen MR) is 74.4 cm³/mol. The normalized spacial score (nSPS) is 25.9. The third-order valence-corrected chi connectivity index (χ3v) is 4.18. The third-order valence-electron chi connectivity index (χ3n) is 4.18. The van der Waals surface area contributed by atoms with Crippen LogP contribution in [0.2, 0.25) is 0 Å². The van der Waals surface area contributed by atoms with Crippen LogP contribution in [-0.4, -0.2) is 36.0 Å². The molecule has 0 aromatic rings. The zero-order chi connectivity index (χ0) is 13.0. The molecule has 1 aliphatic heterocycles. The standard InChI is InChI=1S/C15H28N2O/c1-12(2)10-15(18)17-9-5-8-14(11-17)16-13-6-3-4-7-13/h12-14,16H,3-11H2,1-2H3. The van der Waals surface area contributed by atoms with Crippen LogP contribution in [0, 0.1) is 5.92 Å². The Hall–Kier alpha value is -0.570. The number of nitrogens with zero attached hydrogens (tertiary/aromatic N) is 1. The number of hydrogen-bond donors (Lipinski definition) is 1. The number of piperidine rings is 1. The fourth-order valence-corrected chi connectivity index (χ4v) is 3.24. The summed E-state index contributed by atoms with van der Waals surface area (Å²) in [6.07, 6.45) is 8.51. The monoisotopic (exact) mass is 252 g/mol. The first-order valence-electron chi connectivity index (χ1n) is 7.69. The molecule has 0 aromatic carbocycles. The summed E-state index contributed by atoms with van der Waals surface area (Å²) in [6, 6.07) is 1.26. The quantitative estimate of drug-likeness (QED) is 0.834. The van der Waals surface area contributed by atoms with Crippen molar-refractivity contribution in [1.82, 2.24) is 10.2 Å². The molecule has 104 valence electrons. The minimum atomic E-state index is 0.350. The molecule has 3 nitrogen and oxygen atoms in total. The zero-order valence-corrected chi connectivity index (χ0v) is 12.0. The van der Waals surface area contributed by atoms with E-state index < -0.39 is 0 Å². The first-order chi connectivity index (χ1) is 8.65. The molecule has 1 aliphatic carbocycles. The first-order valence-corrected chi connectivity index (χ1v) is 7.69. The van der Waals surface area contributed by atoms with Gasteiger partial charge in [-0.25, -0.2) is 0 Å². The summed E-state index contributed by atoms with van der Waals surface area (Å²) < 4.78 is 0. The second-order valence-electron chi connectivity index (χ2n) is 6.42. The molecule has 0 radical (unpaired) electrons. The van der Waals surface area contributed by atoms with Gasteiger partial charge in [0, 0.05) is 31.6 Å². The summed E-state index contributed by atoms with van der Waals surface area (Å²) in [5.74, 6) is 0.823. The molecule has 1 N–H and O–H groups in total. The van der Waals surface area contributed by atoms with E-state index in [2.05, 4.69) is 24.1 Å². The molecule has 1 amide bonds. The van der Waals surface area contributed by atoms with Gasteiger partial charge in [-0.3, -0.25) is 4.79 Å². The lowest BCUT2D eigenvalue weighted by Crippen LogP contribution is -2.50. The predicted octanol–water partition coefficient (Wildman–Crippen LogP) is 2.56. The van der Waals surface area contributed by atoms with E-state index in [-0.39, 0.29) is 0 Å². The summed E-state index contributed by atoms with van der Waals surface area (Å²) >= 11 is 0. The average molecular weight is 252 g/mol. The highest BCUT2D eigenvalue weighted by Gasteiger charge is 2.26. The van der Waals surface area contributed by atoms with E-state index in [1.807, 2.05) is 0 Å². The Bertz CT molecular complexity index is 272. The number of likely N-dealkylation sites (tertiary alicyclic amines) is 1. The van der Waals surface area contributed by atoms with Crippen molar-refractivity contribution in [3.8, 4) is 0 Å². The van der Waals surface area contributed by atoms with Gasteiger partial charge in [-0.1, -0.05) is 26.7 Å². The largest absolute Gasteiger partial charge is 0.341 e. The summed E-state index contributed by atoms with van der Waals surface area (Å²) in [4.78, 5) is 14.2. The van der Waals surface area contributed by atoms with Crippen molar-refractivity contribution in [2.75, 3.05) is 13.1 Å². The van der Waals surface area contributed by atoms with Gasteiger partial charge in [0.1, 0.15) is 0 Å². The molecular weight excluding hydrogens is 224 g/mol. The minimum absolute atomic E-state index is 0.350. The lowest BCUT2D eigenvalue weighted by atomic mass is 10.0. The first kappa shape index (κ1) is 13.9. The van der Waals surface area contributed by atoms with Crippen LogP contribution in [0.25, 0.3) is 0 Å². The van der Waals surface area contributed by atoms with Crippen LogP contribution < -0.4 is 5.32 Å². The second kappa shape index (κ2) is 6.55. The van der Waals surface area contributed by atoms with Crippen LogP contribution in [0.1, 0.15) is 58.8 Å². The van der Waals surface area contributed by atoms with Gasteiger partial charge in [0.15, 0.2) is 0 Å². The van der Waals surface area contributed by atoms with Crippen LogP contribution in [0.5, 0.6) is 0 Å². The average Bonchev–Trinajstić information content (AvgIpc) is 2.81. The van der Waals surface area contributed by atoms with E-state index in [1.54, 1.807) is 0 Å². The number of carbonyl (C=O) groups is 1. The highest BCUT2D eigenvalue weighted by molar-refractivity contribution is 5.76. The van der Waals surface area contributed by atoms with E-state index in [4.69, 9.17) is 0 Å². The smallest absolute Gasteiger partial charge is 0.222 e. The minimum Gasteiger partial charge on any atom is -0.341 e. The highest BCUT2D eigenvalue weighted by Crippen LogP contribution is 2.20. The molecule has 1 heterocycles. The molecule has 1 saturated carbocycles. The Labute approximate surface area is 111 Å². The van der Waals surface area contributed by atoms with Gasteiger partial charge in [-0.15, -0.1) is 0 Å². The zero-order valence-electron chi connectivity index (χ0n) is 12.0. The van der Waals surface area contributed by atoms with E-state index >= 15 is 0 Å². The molecule has 3 heteroatoms. The van der Waals surface area contributed by atoms with Crippen molar-refractivity contribution in [3.63, 3.8) is 0 Å². The molecule has 2 rings (SSSR count). The highest BCUT2D eigenvalue weighted by atomic mass is 16.2. The lowest BCUT2D eigenvalue weighted by molar-refractivity contribution is -0.133. The van der Waals surface area contributed by atoms with Crippen molar-refractivity contribution in [1.29, 1.82) is 0 Å². The third kappa shape index (κ3) is 3.98. The van der Waals surface area contributed by atoms with Crippen LogP contribution in [0.15, 0.2) is 0 Å². The van der Waals surface area contributed by atoms with E-state index in [0.717, 1.165) is 25.6 Å². The maximum atomic E-state index is 12.1. The topological polar surface area (TPSA) is 32.3 Å². The Morgan fingerprint density at radius 1 is 1.17 bits per heavy atom. The van der Waals surface area contributed by atoms with Gasteiger partial charge in [0.25, 0.3) is 0 Å². The number of carbonyl (C=O) groups excluding carboxylic acids is 1. The number of nitrogens with one attached hydrogen (secondary N) is 1. The van der Waals surface area contributed by atoms with Gasteiger partial charge >= 0.3 is 0 Å². The second-order valence-corrected chi connectivity index (χ2v) is 6.42. The summed E-state index contributed by atoms with van der Waals surface area (Å²) in [5, 5.41) is 3.76. The van der Waals surface area contributed by atoms with Crippen molar-refractivity contribution in [2.24, 2.45) is 5.92 Å². The van der Waals surface area contributed by atoms with Gasteiger partial charge in [-0.2, -0.15) is 0 Å². The Kier molecular flexibility index (Phi) is 5.04. The van der Waals surface area contributed by atoms with E-state index in [9.17, 15) is 4.79 Å². The number of hydrogen-bond acceptors (Lipinski definition) is 2. The van der Waals surface area contributed by atoms with Crippen LogP contribution in [-0.2, 0) is 4.79 Å². The Morgan fingerprint density at radius 3 is 2.50 bits per heavy atom. The lowest BCUT2D eigenvalue weighted by Gasteiger charge is -2.35. The number of rotatable bonds is 4. The molecule has 0 bridgehead atoms. The molecule has 1 saturated heterocycles. The Balaban J connectivity index is 1.78. The fourth-order valence-electron chi connectivity index (χ4n) is 3.24. The molecule has 1 unspecified atom stereocenters. The van der Waals surface area contributed by atoms with Gasteiger partial charge < -0.3 is 10.2 Å². The summed E-state index contributed by atoms with van der Waals surface area (Å²) in [6.45, 7) is 6.14. The van der Waals surface area contributed by atoms with Crippen LogP contribution in [0.4, 0.5) is 0 Å². The molecule has 1 atom stereocenters. The fraction of sp³-hybridized carbons (Fsp3) is 0.933. The molecular formula is C15H28N2O. The SMILES string of the molecule is CC(C)CC(=O)N1CCCC(NC2CCCC2)C1. The molecule has 2 aliphatic rings. The van der Waals surface area contributed by atoms with Crippen molar-refractivity contribution >= 4 is 5.91 Å². The molecule has 18 heavy (non-hydrogen) atoms. The molecule has 0 spiro atoms. The van der Waals surface area contributed by atoms with Crippen LogP contribution in [0.3, 0.4) is 0 Å². The molecule has 2 fully saturated rings. The van der Waals surface area contributed by atoms with Gasteiger partial charge in [-0.05, 0) is 31.6 Å². The van der Waals surface area contributed by atoms with Gasteiger partial charge in [0.05, 0.1) is 0 Å². The Morgan fingerprint density at radius 2 is 1.83 bits per heavy atom. The summed E-state index contributed by atoms with van der Waals surface area (Å²) in [5.41, 5.74) is 0. The number of amides is 1. The van der Waals surface area contributed by atoms with Crippen LogP contribution >= 0.6 is 0 Å². The summed E-state index contributed by atoms with van der Waals surface area (Å²) in [7, 11) is 0. The van der Waals surface area contributed by atoms with Crippen molar-refractivity contribution < 1.29 is 4.79 Å².